The van der Waals surface area contributed by atoms with Gasteiger partial charge in [0.05, 0.1) is 5.54 Å². The van der Waals surface area contributed by atoms with Crippen LogP contribution in [0.5, 0.6) is 0 Å². The van der Waals surface area contributed by atoms with Crippen LogP contribution >= 0.6 is 0 Å². The molecule has 17 heavy (non-hydrogen) atoms. The fourth-order valence-corrected chi connectivity index (χ4v) is 3.90. The Morgan fingerprint density at radius 3 is 1.94 bits per heavy atom. The summed E-state index contributed by atoms with van der Waals surface area (Å²) in [6, 6.07) is 0. The Kier molecular flexibility index (Phi) is 2.69. The Morgan fingerprint density at radius 1 is 0.882 bits per heavy atom. The van der Waals surface area contributed by atoms with Crippen LogP contribution in [0.15, 0.2) is 0 Å². The van der Waals surface area contributed by atoms with E-state index >= 15 is 0 Å². The van der Waals surface area contributed by atoms with Crippen molar-refractivity contribution in [2.75, 3.05) is 13.1 Å². The van der Waals surface area contributed by atoms with Crippen LogP contribution in [0.25, 0.3) is 0 Å². The first kappa shape index (κ1) is 11.5. The molecule has 0 atom stereocenters. The lowest BCUT2D eigenvalue weighted by Gasteiger charge is -2.45. The monoisotopic (exact) mass is 236 g/mol. The van der Waals surface area contributed by atoms with Gasteiger partial charge in [-0.15, -0.1) is 0 Å². The van der Waals surface area contributed by atoms with Crippen LogP contribution < -0.4 is 5.73 Å². The van der Waals surface area contributed by atoms with Gasteiger partial charge >= 0.3 is 0 Å². The highest BCUT2D eigenvalue weighted by Gasteiger charge is 2.45. The van der Waals surface area contributed by atoms with E-state index in [4.69, 9.17) is 5.73 Å². The first-order valence-corrected chi connectivity index (χ1v) is 7.22. The molecule has 96 valence electrons. The van der Waals surface area contributed by atoms with Crippen LogP contribution in [0.2, 0.25) is 0 Å². The van der Waals surface area contributed by atoms with Gasteiger partial charge in [0.25, 0.3) is 0 Å². The second-order valence-electron chi connectivity index (χ2n) is 6.51. The Balaban J connectivity index is 1.59. The molecule has 3 heteroatoms. The summed E-state index contributed by atoms with van der Waals surface area (Å²) in [5.74, 6) is 0.233. The van der Waals surface area contributed by atoms with Gasteiger partial charge in [0, 0.05) is 13.1 Å². The van der Waals surface area contributed by atoms with E-state index in [1.807, 2.05) is 4.90 Å². The van der Waals surface area contributed by atoms with Gasteiger partial charge in [-0.05, 0) is 50.4 Å². The number of carbonyl (C=O) groups excluding carboxylic acids is 1. The molecular formula is C14H24N2O. The third kappa shape index (κ3) is 1.88. The highest BCUT2D eigenvalue weighted by molar-refractivity contribution is 5.87. The zero-order valence-corrected chi connectivity index (χ0v) is 10.7. The minimum atomic E-state index is -0.486. The zero-order chi connectivity index (χ0) is 11.9. The zero-order valence-electron chi connectivity index (χ0n) is 10.7. The molecule has 0 aromatic carbocycles. The predicted octanol–water partition coefficient (Wildman–Crippen LogP) is 2.05. The van der Waals surface area contributed by atoms with Gasteiger partial charge in [-0.25, -0.2) is 0 Å². The summed E-state index contributed by atoms with van der Waals surface area (Å²) < 4.78 is 0. The molecule has 2 N–H and O–H groups in total. The number of amides is 1. The third-order valence-corrected chi connectivity index (χ3v) is 5.45. The minimum absolute atomic E-state index is 0.233. The van der Waals surface area contributed by atoms with E-state index in [-0.39, 0.29) is 5.91 Å². The van der Waals surface area contributed by atoms with Crippen LogP contribution in [-0.4, -0.2) is 29.4 Å². The van der Waals surface area contributed by atoms with Crippen LogP contribution in [0, 0.1) is 5.41 Å². The molecule has 3 aliphatic rings. The highest BCUT2D eigenvalue weighted by atomic mass is 16.2. The average Bonchev–Trinajstić information content (AvgIpc) is 2.75. The first-order valence-electron chi connectivity index (χ1n) is 7.22. The SMILES string of the molecule is NC1(C(=O)N2CCC3(CCCC3)CC2)CCC1. The smallest absolute Gasteiger partial charge is 0.242 e. The van der Waals surface area contributed by atoms with Crippen LogP contribution in [0.4, 0.5) is 0 Å². The molecule has 2 aliphatic carbocycles. The highest BCUT2D eigenvalue weighted by Crippen LogP contribution is 2.46. The Morgan fingerprint density at radius 2 is 1.47 bits per heavy atom. The predicted molar refractivity (Wildman–Crippen MR) is 67.5 cm³/mol. The standard InChI is InChI=1S/C14H24N2O/c15-14(6-3-7-14)12(17)16-10-8-13(9-11-16)4-1-2-5-13/h1-11,15H2. The number of hydrogen-bond donors (Lipinski definition) is 1. The normalized spacial score (nSPS) is 30.3. The lowest BCUT2D eigenvalue weighted by atomic mass is 9.74. The van der Waals surface area contributed by atoms with Crippen molar-refractivity contribution in [1.82, 2.24) is 4.90 Å². The number of piperidine rings is 1. The number of rotatable bonds is 1. The lowest BCUT2D eigenvalue weighted by Crippen LogP contribution is -2.61. The molecule has 1 aliphatic heterocycles. The molecule has 2 saturated carbocycles. The second kappa shape index (κ2) is 3.98. The van der Waals surface area contributed by atoms with Crippen molar-refractivity contribution in [3.05, 3.63) is 0 Å². The Bertz CT molecular complexity index is 306. The van der Waals surface area contributed by atoms with Crippen molar-refractivity contribution < 1.29 is 4.79 Å². The number of nitrogens with zero attached hydrogens (tertiary/aromatic N) is 1. The maximum absolute atomic E-state index is 12.3. The maximum atomic E-state index is 12.3. The first-order chi connectivity index (χ1) is 8.14. The summed E-state index contributed by atoms with van der Waals surface area (Å²) in [4.78, 5) is 14.4. The van der Waals surface area contributed by atoms with Crippen LogP contribution in [0.3, 0.4) is 0 Å². The van der Waals surface area contributed by atoms with Crippen molar-refractivity contribution in [2.24, 2.45) is 11.1 Å². The Labute approximate surface area is 104 Å². The van der Waals surface area contributed by atoms with Crippen molar-refractivity contribution in [2.45, 2.75) is 63.3 Å². The Hall–Kier alpha value is -0.570. The maximum Gasteiger partial charge on any atom is 0.242 e. The van der Waals surface area contributed by atoms with Crippen LogP contribution in [-0.2, 0) is 4.79 Å². The fraction of sp³-hybridized carbons (Fsp3) is 0.929. The molecule has 1 spiro atoms. The van der Waals surface area contributed by atoms with Gasteiger partial charge < -0.3 is 10.6 Å². The molecule has 1 saturated heterocycles. The molecule has 0 bridgehead atoms. The van der Waals surface area contributed by atoms with Crippen molar-refractivity contribution >= 4 is 5.91 Å². The summed E-state index contributed by atoms with van der Waals surface area (Å²) in [6.45, 7) is 1.91. The minimum Gasteiger partial charge on any atom is -0.341 e. The average molecular weight is 236 g/mol. The fourth-order valence-electron chi connectivity index (χ4n) is 3.90. The molecule has 3 rings (SSSR count). The number of likely N-dealkylation sites (tertiary alicyclic amines) is 1. The largest absolute Gasteiger partial charge is 0.341 e. The molecular weight excluding hydrogens is 212 g/mol. The molecule has 0 aromatic heterocycles. The van der Waals surface area contributed by atoms with E-state index < -0.39 is 5.54 Å². The van der Waals surface area contributed by atoms with Gasteiger partial charge in [0.2, 0.25) is 5.91 Å². The molecule has 0 unspecified atom stereocenters. The molecule has 0 aromatic rings. The summed E-state index contributed by atoms with van der Waals surface area (Å²) in [6.07, 6.45) is 10.9. The van der Waals surface area contributed by atoms with Gasteiger partial charge in [-0.3, -0.25) is 4.79 Å². The van der Waals surface area contributed by atoms with Gasteiger partial charge in [0.1, 0.15) is 0 Å². The van der Waals surface area contributed by atoms with Gasteiger partial charge in [-0.1, -0.05) is 12.8 Å². The van der Waals surface area contributed by atoms with Gasteiger partial charge in [-0.2, -0.15) is 0 Å². The van der Waals surface area contributed by atoms with E-state index in [2.05, 4.69) is 0 Å². The van der Waals surface area contributed by atoms with Crippen molar-refractivity contribution in [3.63, 3.8) is 0 Å². The summed E-state index contributed by atoms with van der Waals surface area (Å²) in [7, 11) is 0. The van der Waals surface area contributed by atoms with E-state index in [0.29, 0.717) is 5.41 Å². The van der Waals surface area contributed by atoms with E-state index in [1.165, 1.54) is 38.5 Å². The third-order valence-electron chi connectivity index (χ3n) is 5.45. The lowest BCUT2D eigenvalue weighted by molar-refractivity contribution is -0.142. The molecule has 3 fully saturated rings. The topological polar surface area (TPSA) is 46.3 Å². The summed E-state index contributed by atoms with van der Waals surface area (Å²) in [5, 5.41) is 0. The number of hydrogen-bond acceptors (Lipinski definition) is 2. The van der Waals surface area contributed by atoms with Crippen molar-refractivity contribution in [3.8, 4) is 0 Å². The molecule has 1 amide bonds. The van der Waals surface area contributed by atoms with Crippen molar-refractivity contribution in [1.29, 1.82) is 0 Å². The second-order valence-corrected chi connectivity index (χ2v) is 6.51. The number of carbonyl (C=O) groups is 1. The summed E-state index contributed by atoms with van der Waals surface area (Å²) in [5.41, 5.74) is 6.24. The van der Waals surface area contributed by atoms with Gasteiger partial charge in [0.15, 0.2) is 0 Å². The molecule has 1 heterocycles. The quantitative estimate of drug-likeness (QED) is 0.757. The van der Waals surface area contributed by atoms with E-state index in [0.717, 1.165) is 32.4 Å². The molecule has 3 nitrogen and oxygen atoms in total. The van der Waals surface area contributed by atoms with E-state index in [1.54, 1.807) is 0 Å². The van der Waals surface area contributed by atoms with E-state index in [9.17, 15) is 4.79 Å². The van der Waals surface area contributed by atoms with Crippen LogP contribution in [0.1, 0.15) is 57.8 Å². The summed E-state index contributed by atoms with van der Waals surface area (Å²) >= 11 is 0. The number of nitrogens with two attached hydrogens (primary N) is 1. The molecule has 0 radical (unpaired) electrons.